The molecule has 2 nitrogen and oxygen atoms in total. The van der Waals surface area contributed by atoms with Gasteiger partial charge in [-0.05, 0) is 19.4 Å². The number of rotatable bonds is 6. The average Bonchev–Trinajstić information content (AvgIpc) is 2.00. The summed E-state index contributed by atoms with van der Waals surface area (Å²) in [7, 11) is 0. The van der Waals surface area contributed by atoms with Crippen LogP contribution in [0.3, 0.4) is 0 Å². The van der Waals surface area contributed by atoms with Gasteiger partial charge in [0.1, 0.15) is 11.0 Å². The molecule has 0 aliphatic rings. The maximum atomic E-state index is 11.4. The van der Waals surface area contributed by atoms with E-state index in [4.69, 9.17) is 5.73 Å². The van der Waals surface area contributed by atoms with Crippen molar-refractivity contribution in [1.29, 1.82) is 0 Å². The quantitative estimate of drug-likeness (QED) is 0.621. The van der Waals surface area contributed by atoms with Crippen LogP contribution in [-0.4, -0.2) is 22.1 Å². The van der Waals surface area contributed by atoms with Gasteiger partial charge in [-0.1, -0.05) is 25.0 Å². The Bertz CT molecular complexity index is 90.2. The van der Waals surface area contributed by atoms with Crippen molar-refractivity contribution >= 4 is 11.2 Å². The van der Waals surface area contributed by atoms with Crippen LogP contribution in [-0.2, 0) is 11.2 Å². The Balaban J connectivity index is 3.61. The molecule has 0 aromatic carbocycles. The summed E-state index contributed by atoms with van der Waals surface area (Å²) in [5.74, 6) is 0.832. The second-order valence-electron chi connectivity index (χ2n) is 2.69. The maximum Gasteiger partial charge on any atom is 0.116 e. The fourth-order valence-electron chi connectivity index (χ4n) is 1.08. The molecule has 0 bridgehead atoms. The first-order valence-corrected chi connectivity index (χ1v) is 5.71. The predicted molar refractivity (Wildman–Crippen MR) is 51.1 cm³/mol. The molecule has 0 heterocycles. The molecule has 0 aromatic rings. The zero-order valence-electron chi connectivity index (χ0n) is 7.51. The standard InChI is InChI=1S/C8H19NOS/c1-3-7-11(10)8(4-2)5-6-9/h8H,3-7,9H2,1-2H3/t8-,11?/m1/s1. The van der Waals surface area contributed by atoms with E-state index >= 15 is 0 Å². The smallest absolute Gasteiger partial charge is 0.116 e. The third-order valence-electron chi connectivity index (χ3n) is 1.72. The van der Waals surface area contributed by atoms with Crippen LogP contribution in [0.2, 0.25) is 0 Å². The minimum atomic E-state index is -0.638. The number of hydrogen-bond donors (Lipinski definition) is 1. The van der Waals surface area contributed by atoms with E-state index in [1.54, 1.807) is 0 Å². The highest BCUT2D eigenvalue weighted by molar-refractivity contribution is 7.92. The molecule has 3 heteroatoms. The molecule has 2 atom stereocenters. The van der Waals surface area contributed by atoms with Gasteiger partial charge in [-0.3, -0.25) is 0 Å². The third-order valence-corrected chi connectivity index (χ3v) is 3.84. The van der Waals surface area contributed by atoms with Gasteiger partial charge in [0.2, 0.25) is 0 Å². The highest BCUT2D eigenvalue weighted by atomic mass is 32.2. The number of nitrogens with two attached hydrogens (primary N) is 1. The van der Waals surface area contributed by atoms with Gasteiger partial charge in [0.05, 0.1) is 0 Å². The van der Waals surface area contributed by atoms with E-state index in [1.165, 1.54) is 0 Å². The Morgan fingerprint density at radius 3 is 2.45 bits per heavy atom. The molecule has 0 aromatic heterocycles. The number of hydrogen-bond acceptors (Lipinski definition) is 2. The Labute approximate surface area is 72.7 Å². The Hall–Kier alpha value is 0.270. The predicted octanol–water partition coefficient (Wildman–Crippen LogP) is 1.27. The summed E-state index contributed by atoms with van der Waals surface area (Å²) in [5.41, 5.74) is 5.40. The van der Waals surface area contributed by atoms with Crippen molar-refractivity contribution in [1.82, 2.24) is 0 Å². The minimum absolute atomic E-state index is 0.333. The summed E-state index contributed by atoms with van der Waals surface area (Å²) in [6, 6.07) is 0. The molecule has 2 N–H and O–H groups in total. The van der Waals surface area contributed by atoms with Crippen molar-refractivity contribution in [3.63, 3.8) is 0 Å². The molecule has 0 amide bonds. The first-order valence-electron chi connectivity index (χ1n) is 4.33. The first kappa shape index (κ1) is 11.3. The van der Waals surface area contributed by atoms with E-state index in [2.05, 4.69) is 13.8 Å². The lowest BCUT2D eigenvalue weighted by Gasteiger charge is -2.19. The minimum Gasteiger partial charge on any atom is -0.616 e. The van der Waals surface area contributed by atoms with Gasteiger partial charge in [0.25, 0.3) is 0 Å². The van der Waals surface area contributed by atoms with Crippen LogP contribution in [0.15, 0.2) is 0 Å². The summed E-state index contributed by atoms with van der Waals surface area (Å²) >= 11 is -0.638. The summed E-state index contributed by atoms with van der Waals surface area (Å²) in [4.78, 5) is 0. The Morgan fingerprint density at radius 2 is 2.09 bits per heavy atom. The molecule has 68 valence electrons. The van der Waals surface area contributed by atoms with E-state index in [0.717, 1.165) is 25.0 Å². The molecular weight excluding hydrogens is 158 g/mol. The van der Waals surface area contributed by atoms with Gasteiger partial charge >= 0.3 is 0 Å². The van der Waals surface area contributed by atoms with Crippen molar-refractivity contribution in [3.05, 3.63) is 0 Å². The molecule has 1 unspecified atom stereocenters. The van der Waals surface area contributed by atoms with Crippen LogP contribution < -0.4 is 5.73 Å². The third kappa shape index (κ3) is 4.67. The molecule has 0 saturated carbocycles. The molecule has 0 saturated heterocycles. The van der Waals surface area contributed by atoms with Crippen LogP contribution in [0.1, 0.15) is 33.1 Å². The van der Waals surface area contributed by atoms with Gasteiger partial charge < -0.3 is 10.3 Å². The fraction of sp³-hybridized carbons (Fsp3) is 1.00. The largest absolute Gasteiger partial charge is 0.616 e. The van der Waals surface area contributed by atoms with Gasteiger partial charge in [0, 0.05) is 6.42 Å². The summed E-state index contributed by atoms with van der Waals surface area (Å²) in [6.45, 7) is 4.80. The molecule has 0 radical (unpaired) electrons. The van der Waals surface area contributed by atoms with Gasteiger partial charge in [-0.25, -0.2) is 0 Å². The lowest BCUT2D eigenvalue weighted by atomic mass is 10.2. The van der Waals surface area contributed by atoms with Crippen LogP contribution in [0.5, 0.6) is 0 Å². The van der Waals surface area contributed by atoms with Crippen molar-refractivity contribution in [2.75, 3.05) is 12.3 Å². The van der Waals surface area contributed by atoms with Crippen LogP contribution in [0, 0.1) is 0 Å². The Kier molecular flexibility index (Phi) is 7.12. The molecule has 0 aliphatic heterocycles. The molecule has 0 aliphatic carbocycles. The lowest BCUT2D eigenvalue weighted by Crippen LogP contribution is -2.25. The molecule has 11 heavy (non-hydrogen) atoms. The van der Waals surface area contributed by atoms with Crippen LogP contribution in [0.4, 0.5) is 0 Å². The Morgan fingerprint density at radius 1 is 1.45 bits per heavy atom. The SMILES string of the molecule is CCC[S+]([O-])[C@H](CC)CCN. The molecule has 0 spiro atoms. The van der Waals surface area contributed by atoms with E-state index in [0.29, 0.717) is 11.8 Å². The average molecular weight is 177 g/mol. The second kappa shape index (κ2) is 6.95. The van der Waals surface area contributed by atoms with Gasteiger partial charge in [-0.2, -0.15) is 0 Å². The fourth-order valence-corrected chi connectivity index (χ4v) is 2.58. The van der Waals surface area contributed by atoms with Gasteiger partial charge in [-0.15, -0.1) is 0 Å². The maximum absolute atomic E-state index is 11.4. The van der Waals surface area contributed by atoms with E-state index in [9.17, 15) is 4.55 Å². The molecule has 0 rings (SSSR count). The lowest BCUT2D eigenvalue weighted by molar-refractivity contribution is 0.565. The van der Waals surface area contributed by atoms with Crippen molar-refractivity contribution in [2.45, 2.75) is 38.4 Å². The van der Waals surface area contributed by atoms with E-state index in [1.807, 2.05) is 0 Å². The van der Waals surface area contributed by atoms with Crippen molar-refractivity contribution in [3.8, 4) is 0 Å². The van der Waals surface area contributed by atoms with Crippen molar-refractivity contribution < 1.29 is 4.55 Å². The van der Waals surface area contributed by atoms with E-state index < -0.39 is 11.2 Å². The first-order chi connectivity index (χ1) is 5.26. The zero-order chi connectivity index (χ0) is 8.69. The normalized spacial score (nSPS) is 16.4. The van der Waals surface area contributed by atoms with Crippen molar-refractivity contribution in [2.24, 2.45) is 5.73 Å². The highest BCUT2D eigenvalue weighted by Crippen LogP contribution is 2.11. The van der Waals surface area contributed by atoms with Gasteiger partial charge in [0.15, 0.2) is 0 Å². The topological polar surface area (TPSA) is 49.1 Å². The molecular formula is C8H19NOS. The monoisotopic (exact) mass is 177 g/mol. The van der Waals surface area contributed by atoms with Crippen LogP contribution in [0.25, 0.3) is 0 Å². The van der Waals surface area contributed by atoms with Crippen LogP contribution >= 0.6 is 0 Å². The van der Waals surface area contributed by atoms with E-state index in [-0.39, 0.29) is 0 Å². The molecule has 0 fully saturated rings. The zero-order valence-corrected chi connectivity index (χ0v) is 8.32. The summed E-state index contributed by atoms with van der Waals surface area (Å²) in [6.07, 6.45) is 2.90. The second-order valence-corrected chi connectivity index (χ2v) is 4.53. The summed E-state index contributed by atoms with van der Waals surface area (Å²) in [5, 5.41) is 0.333. The summed E-state index contributed by atoms with van der Waals surface area (Å²) < 4.78 is 11.4. The highest BCUT2D eigenvalue weighted by Gasteiger charge is 2.17.